The van der Waals surface area contributed by atoms with Gasteiger partial charge in [0, 0.05) is 36.3 Å². The first kappa shape index (κ1) is 21.7. The van der Waals surface area contributed by atoms with E-state index in [-0.39, 0.29) is 17.9 Å². The van der Waals surface area contributed by atoms with Crippen molar-refractivity contribution >= 4 is 17.4 Å². The lowest BCUT2D eigenvalue weighted by Crippen LogP contribution is -2.35. The van der Waals surface area contributed by atoms with Gasteiger partial charge in [0.25, 0.3) is 0 Å². The van der Waals surface area contributed by atoms with Crippen LogP contribution in [0.5, 0.6) is 0 Å². The molecule has 1 aliphatic rings. The fraction of sp³-hybridized carbons (Fsp3) is 0.292. The molecule has 2 heterocycles. The largest absolute Gasteiger partial charge is 0.417 e. The molecule has 0 saturated carbocycles. The van der Waals surface area contributed by atoms with Crippen LogP contribution in [-0.4, -0.2) is 24.1 Å². The lowest BCUT2D eigenvalue weighted by molar-refractivity contribution is -0.137. The van der Waals surface area contributed by atoms with Crippen LogP contribution in [0.1, 0.15) is 22.6 Å². The van der Waals surface area contributed by atoms with E-state index in [1.807, 2.05) is 42.5 Å². The molecule has 1 aromatic heterocycles. The number of nitrogens with zero attached hydrogens (tertiary/aromatic N) is 1. The molecule has 1 aliphatic heterocycles. The van der Waals surface area contributed by atoms with E-state index in [2.05, 4.69) is 27.8 Å². The van der Waals surface area contributed by atoms with Gasteiger partial charge in [0.15, 0.2) is 0 Å². The van der Waals surface area contributed by atoms with Crippen LogP contribution in [0, 0.1) is 5.92 Å². The summed E-state index contributed by atoms with van der Waals surface area (Å²) in [6.07, 6.45) is -2.78. The molecule has 2 N–H and O–H groups in total. The Hall–Kier alpha value is -2.57. The number of anilines is 1. The number of nitrogens with one attached hydrogen (secondary N) is 2. The van der Waals surface area contributed by atoms with Crippen LogP contribution < -0.4 is 10.6 Å². The Balaban J connectivity index is 1.60. The summed E-state index contributed by atoms with van der Waals surface area (Å²) in [7, 11) is 0. The van der Waals surface area contributed by atoms with Crippen LogP contribution in [0.4, 0.5) is 19.0 Å². The number of hydrogen-bond donors (Lipinski definition) is 2. The molecule has 31 heavy (non-hydrogen) atoms. The lowest BCUT2D eigenvalue weighted by atomic mass is 9.81. The van der Waals surface area contributed by atoms with Gasteiger partial charge in [-0.05, 0) is 47.7 Å². The molecule has 3 atom stereocenters. The van der Waals surface area contributed by atoms with Gasteiger partial charge in [-0.25, -0.2) is 4.98 Å². The van der Waals surface area contributed by atoms with Crippen molar-refractivity contribution in [1.82, 2.24) is 10.3 Å². The van der Waals surface area contributed by atoms with E-state index in [1.165, 1.54) is 11.6 Å². The lowest BCUT2D eigenvalue weighted by Gasteiger charge is -2.30. The Kier molecular flexibility index (Phi) is 6.49. The van der Waals surface area contributed by atoms with E-state index in [0.717, 1.165) is 37.3 Å². The Bertz CT molecular complexity index is 976. The van der Waals surface area contributed by atoms with E-state index in [0.29, 0.717) is 10.8 Å². The number of halogens is 4. The van der Waals surface area contributed by atoms with Crippen LogP contribution in [0.3, 0.4) is 0 Å². The Morgan fingerprint density at radius 2 is 1.74 bits per heavy atom. The second-order valence-electron chi connectivity index (χ2n) is 7.85. The number of rotatable bonds is 6. The molecular weight excluding hydrogens is 423 g/mol. The smallest absolute Gasteiger partial charge is 0.367 e. The first-order chi connectivity index (χ1) is 14.9. The summed E-state index contributed by atoms with van der Waals surface area (Å²) in [5.74, 6) is 0.925. The predicted octanol–water partition coefficient (Wildman–Crippen LogP) is 5.78. The number of alkyl halides is 3. The molecule has 7 heteroatoms. The first-order valence-corrected chi connectivity index (χ1v) is 10.6. The van der Waals surface area contributed by atoms with Crippen molar-refractivity contribution in [3.63, 3.8) is 0 Å². The van der Waals surface area contributed by atoms with Crippen LogP contribution in [0.2, 0.25) is 5.02 Å². The van der Waals surface area contributed by atoms with Gasteiger partial charge in [-0.2, -0.15) is 13.2 Å². The molecule has 0 amide bonds. The van der Waals surface area contributed by atoms with E-state index >= 15 is 0 Å². The molecule has 0 bridgehead atoms. The summed E-state index contributed by atoms with van der Waals surface area (Å²) in [4.78, 5) is 4.04. The van der Waals surface area contributed by atoms with Crippen molar-refractivity contribution in [3.8, 4) is 0 Å². The topological polar surface area (TPSA) is 37.0 Å². The molecule has 3 unspecified atom stereocenters. The monoisotopic (exact) mass is 445 g/mol. The number of pyridine rings is 1. The third-order valence-electron chi connectivity index (χ3n) is 5.80. The molecule has 4 rings (SSSR count). The minimum absolute atomic E-state index is 0.0117. The summed E-state index contributed by atoms with van der Waals surface area (Å²) >= 11 is 6.06. The highest BCUT2D eigenvalue weighted by atomic mass is 35.5. The Morgan fingerprint density at radius 3 is 2.39 bits per heavy atom. The average molecular weight is 446 g/mol. The molecule has 3 aromatic rings. The second kappa shape index (κ2) is 9.28. The van der Waals surface area contributed by atoms with E-state index in [4.69, 9.17) is 11.6 Å². The maximum atomic E-state index is 12.9. The molecule has 1 saturated heterocycles. The zero-order valence-electron chi connectivity index (χ0n) is 16.7. The second-order valence-corrected chi connectivity index (χ2v) is 8.29. The molecule has 1 fully saturated rings. The standard InChI is InChI=1S/C24H23ClF3N3/c25-19-9-6-17(7-10-19)20-14-29-15-21(20)22(12-16-4-2-1-3-5-16)31-23-11-8-18(13-30-23)24(26,27)28/h1-11,13,20-22,29H,12,14-15H2,(H,30,31). The quantitative estimate of drug-likeness (QED) is 0.505. The number of benzene rings is 2. The van der Waals surface area contributed by atoms with Crippen LogP contribution >= 0.6 is 11.6 Å². The van der Waals surface area contributed by atoms with Crippen LogP contribution in [0.15, 0.2) is 72.9 Å². The molecule has 2 aromatic carbocycles. The fourth-order valence-electron chi connectivity index (χ4n) is 4.21. The summed E-state index contributed by atoms with van der Waals surface area (Å²) in [5, 5.41) is 7.58. The molecule has 3 nitrogen and oxygen atoms in total. The number of aromatic nitrogens is 1. The maximum absolute atomic E-state index is 12.9. The Labute approximate surface area is 184 Å². The van der Waals surface area contributed by atoms with E-state index < -0.39 is 11.7 Å². The van der Waals surface area contributed by atoms with Crippen LogP contribution in [0.25, 0.3) is 0 Å². The van der Waals surface area contributed by atoms with Crippen molar-refractivity contribution in [2.24, 2.45) is 5.92 Å². The predicted molar refractivity (Wildman–Crippen MR) is 117 cm³/mol. The molecule has 162 valence electrons. The Morgan fingerprint density at radius 1 is 1.00 bits per heavy atom. The van der Waals surface area contributed by atoms with Crippen molar-refractivity contribution in [3.05, 3.63) is 94.6 Å². The van der Waals surface area contributed by atoms with Gasteiger partial charge in [0.05, 0.1) is 5.56 Å². The zero-order chi connectivity index (χ0) is 21.8. The van der Waals surface area contributed by atoms with Gasteiger partial charge in [0.2, 0.25) is 0 Å². The average Bonchev–Trinajstić information content (AvgIpc) is 3.24. The minimum atomic E-state index is -4.40. The normalized spacial score (nSPS) is 19.9. The molecule has 0 spiro atoms. The highest BCUT2D eigenvalue weighted by Crippen LogP contribution is 2.34. The van der Waals surface area contributed by atoms with Crippen molar-refractivity contribution in [1.29, 1.82) is 0 Å². The summed E-state index contributed by atoms with van der Waals surface area (Å²) in [6, 6.07) is 20.4. The maximum Gasteiger partial charge on any atom is 0.417 e. The highest BCUT2D eigenvalue weighted by molar-refractivity contribution is 6.30. The third kappa shape index (κ3) is 5.38. The van der Waals surface area contributed by atoms with Gasteiger partial charge >= 0.3 is 6.18 Å². The van der Waals surface area contributed by atoms with Crippen molar-refractivity contribution in [2.75, 3.05) is 18.4 Å². The van der Waals surface area contributed by atoms with Crippen LogP contribution in [-0.2, 0) is 12.6 Å². The zero-order valence-corrected chi connectivity index (χ0v) is 17.5. The van der Waals surface area contributed by atoms with Gasteiger partial charge < -0.3 is 10.6 Å². The minimum Gasteiger partial charge on any atom is -0.367 e. The SMILES string of the molecule is FC(F)(F)c1ccc(NC(Cc2ccccc2)C2CNCC2c2ccc(Cl)cc2)nc1. The van der Waals surface area contributed by atoms with Crippen molar-refractivity contribution < 1.29 is 13.2 Å². The summed E-state index contributed by atoms with van der Waals surface area (Å²) in [5.41, 5.74) is 1.60. The molecule has 0 radical (unpaired) electrons. The highest BCUT2D eigenvalue weighted by Gasteiger charge is 2.35. The van der Waals surface area contributed by atoms with Gasteiger partial charge in [-0.1, -0.05) is 54.1 Å². The number of hydrogen-bond acceptors (Lipinski definition) is 3. The van der Waals surface area contributed by atoms with Gasteiger partial charge in [0.1, 0.15) is 5.82 Å². The summed E-state index contributed by atoms with van der Waals surface area (Å²) in [6.45, 7) is 1.64. The molecular formula is C24H23ClF3N3. The van der Waals surface area contributed by atoms with E-state index in [9.17, 15) is 13.2 Å². The van der Waals surface area contributed by atoms with Gasteiger partial charge in [-0.15, -0.1) is 0 Å². The van der Waals surface area contributed by atoms with Gasteiger partial charge in [-0.3, -0.25) is 0 Å². The molecule has 0 aliphatic carbocycles. The summed E-state index contributed by atoms with van der Waals surface area (Å²) < 4.78 is 38.7. The fourth-order valence-corrected chi connectivity index (χ4v) is 4.34. The first-order valence-electron chi connectivity index (χ1n) is 10.2. The third-order valence-corrected chi connectivity index (χ3v) is 6.05. The van der Waals surface area contributed by atoms with E-state index in [1.54, 1.807) is 0 Å². The van der Waals surface area contributed by atoms with Crippen molar-refractivity contribution in [2.45, 2.75) is 24.6 Å².